The molecule has 5 heteroatoms. The van der Waals surface area contributed by atoms with Crippen LogP contribution in [0.15, 0.2) is 29.1 Å². The maximum Gasteiger partial charge on any atom is 0.260 e. The number of nitrogens with zero attached hydrogens (tertiary/aromatic N) is 1. The average Bonchev–Trinajstić information content (AvgIpc) is 2.99. The Morgan fingerprint density at radius 3 is 3.04 bits per heavy atom. The highest BCUT2D eigenvalue weighted by Crippen LogP contribution is 2.35. The molecule has 0 bridgehead atoms. The van der Waals surface area contributed by atoms with Crippen LogP contribution in [0.2, 0.25) is 0 Å². The van der Waals surface area contributed by atoms with E-state index in [2.05, 4.69) is 11.9 Å². The van der Waals surface area contributed by atoms with Crippen LogP contribution in [0.4, 0.5) is 0 Å². The van der Waals surface area contributed by atoms with E-state index in [1.807, 2.05) is 43.3 Å². The molecule has 2 heterocycles. The maximum absolute atomic E-state index is 12.6. The van der Waals surface area contributed by atoms with Gasteiger partial charge in [-0.15, -0.1) is 11.3 Å². The second kappa shape index (κ2) is 7.08. The summed E-state index contributed by atoms with van der Waals surface area (Å²) in [5.74, 6) is 2.10. The van der Waals surface area contributed by atoms with E-state index in [1.165, 1.54) is 10.4 Å². The molecule has 1 N–H and O–H groups in total. The first-order valence-electron chi connectivity index (χ1n) is 9.10. The first-order valence-corrected chi connectivity index (χ1v) is 9.91. The lowest BCUT2D eigenvalue weighted by molar-refractivity contribution is 0.339. The molecule has 1 aliphatic carbocycles. The minimum Gasteiger partial charge on any atom is -0.493 e. The van der Waals surface area contributed by atoms with Gasteiger partial charge in [0.05, 0.1) is 12.0 Å². The summed E-state index contributed by atoms with van der Waals surface area (Å²) >= 11 is 1.68. The minimum absolute atomic E-state index is 0.0280. The third-order valence-electron chi connectivity index (χ3n) is 4.82. The maximum atomic E-state index is 12.6. The Morgan fingerprint density at radius 1 is 1.35 bits per heavy atom. The number of thiophene rings is 1. The number of nitrogens with one attached hydrogen (secondary N) is 1. The van der Waals surface area contributed by atoms with Crippen LogP contribution in [-0.4, -0.2) is 16.6 Å². The summed E-state index contributed by atoms with van der Waals surface area (Å²) in [4.78, 5) is 22.5. The van der Waals surface area contributed by atoms with E-state index >= 15 is 0 Å². The Bertz CT molecular complexity index is 1030. The molecule has 0 aliphatic heterocycles. The fraction of sp³-hybridized carbons (Fsp3) is 0.333. The van der Waals surface area contributed by atoms with E-state index in [1.54, 1.807) is 11.3 Å². The molecule has 4 rings (SSSR count). The lowest BCUT2D eigenvalue weighted by atomic mass is 9.89. The number of aryl methyl sites for hydroxylation is 1. The van der Waals surface area contributed by atoms with Crippen LogP contribution in [0.1, 0.15) is 42.1 Å². The number of hydrogen-bond acceptors (Lipinski definition) is 4. The van der Waals surface area contributed by atoms with Gasteiger partial charge in [-0.25, -0.2) is 4.98 Å². The predicted octanol–water partition coefficient (Wildman–Crippen LogP) is 4.68. The second-order valence-electron chi connectivity index (χ2n) is 6.79. The van der Waals surface area contributed by atoms with Crippen LogP contribution in [0, 0.1) is 5.92 Å². The van der Waals surface area contributed by atoms with E-state index in [4.69, 9.17) is 9.72 Å². The Kier molecular flexibility index (Phi) is 4.64. The van der Waals surface area contributed by atoms with Crippen molar-refractivity contribution in [2.45, 2.75) is 33.1 Å². The summed E-state index contributed by atoms with van der Waals surface area (Å²) in [5.41, 5.74) is 2.16. The fourth-order valence-electron chi connectivity index (χ4n) is 3.52. The van der Waals surface area contributed by atoms with Crippen molar-refractivity contribution in [1.82, 2.24) is 9.97 Å². The van der Waals surface area contributed by atoms with Gasteiger partial charge in [-0.05, 0) is 55.9 Å². The van der Waals surface area contributed by atoms with Gasteiger partial charge in [0.2, 0.25) is 0 Å². The van der Waals surface area contributed by atoms with E-state index in [0.29, 0.717) is 18.3 Å². The number of H-pyrrole nitrogens is 1. The summed E-state index contributed by atoms with van der Waals surface area (Å²) in [6.07, 6.45) is 6.97. The molecule has 26 heavy (non-hydrogen) atoms. The van der Waals surface area contributed by atoms with Crippen LogP contribution in [0.25, 0.3) is 22.4 Å². The van der Waals surface area contributed by atoms with Crippen LogP contribution < -0.4 is 10.3 Å². The van der Waals surface area contributed by atoms with Crippen LogP contribution in [-0.2, 0) is 12.8 Å². The summed E-state index contributed by atoms with van der Waals surface area (Å²) in [7, 11) is 0. The number of hydrogen-bond donors (Lipinski definition) is 1. The standard InChI is InChI=1S/C21H22N2O2S/c1-3-25-16-7-5-4-6-14(16)9-11-18-22-20(24)19-15-10-8-13(2)12-17(15)26-21(19)23-18/h4-7,9,11,13H,3,8,10,12H2,1-2H3,(H,22,23,24)/b11-9+/t13-/m1/s1. The van der Waals surface area contributed by atoms with Gasteiger partial charge in [-0.2, -0.15) is 0 Å². The predicted molar refractivity (Wildman–Crippen MR) is 108 cm³/mol. The normalized spacial score (nSPS) is 16.9. The number of rotatable bonds is 4. The van der Waals surface area contributed by atoms with Crippen molar-refractivity contribution in [2.24, 2.45) is 5.92 Å². The quantitative estimate of drug-likeness (QED) is 0.729. The number of ether oxygens (including phenoxy) is 1. The monoisotopic (exact) mass is 366 g/mol. The smallest absolute Gasteiger partial charge is 0.260 e. The molecule has 2 aromatic heterocycles. The Labute approximate surface area is 156 Å². The zero-order valence-corrected chi connectivity index (χ0v) is 15.9. The van der Waals surface area contributed by atoms with Gasteiger partial charge in [0.1, 0.15) is 16.4 Å². The molecule has 0 saturated heterocycles. The Balaban J connectivity index is 1.71. The molecule has 0 amide bonds. The molecule has 0 spiro atoms. The van der Waals surface area contributed by atoms with Gasteiger partial charge in [0, 0.05) is 10.4 Å². The zero-order chi connectivity index (χ0) is 18.1. The molecule has 0 fully saturated rings. The van der Waals surface area contributed by atoms with Gasteiger partial charge >= 0.3 is 0 Å². The van der Waals surface area contributed by atoms with E-state index in [9.17, 15) is 4.79 Å². The number of benzene rings is 1. The molecule has 0 unspecified atom stereocenters. The van der Waals surface area contributed by atoms with Gasteiger partial charge in [-0.3, -0.25) is 4.79 Å². The lowest BCUT2D eigenvalue weighted by Crippen LogP contribution is -2.13. The van der Waals surface area contributed by atoms with Crippen molar-refractivity contribution >= 4 is 33.7 Å². The van der Waals surface area contributed by atoms with Crippen LogP contribution >= 0.6 is 11.3 Å². The highest BCUT2D eigenvalue weighted by molar-refractivity contribution is 7.18. The highest BCUT2D eigenvalue weighted by Gasteiger charge is 2.22. The number of para-hydroxylation sites is 1. The van der Waals surface area contributed by atoms with Crippen molar-refractivity contribution in [2.75, 3.05) is 6.61 Å². The molecule has 1 aromatic carbocycles. The first-order chi connectivity index (χ1) is 12.7. The molecule has 1 aliphatic rings. The molecule has 3 aromatic rings. The fourth-order valence-corrected chi connectivity index (χ4v) is 4.91. The third-order valence-corrected chi connectivity index (χ3v) is 5.97. The van der Waals surface area contributed by atoms with E-state index in [-0.39, 0.29) is 5.56 Å². The molecule has 1 atom stereocenters. The molecule has 0 saturated carbocycles. The SMILES string of the molecule is CCOc1ccccc1/C=C/c1nc2sc3c(c2c(=O)[nH]1)CC[C@@H](C)C3. The second-order valence-corrected chi connectivity index (χ2v) is 7.87. The summed E-state index contributed by atoms with van der Waals surface area (Å²) in [6.45, 7) is 4.85. The zero-order valence-electron chi connectivity index (χ0n) is 15.0. The average molecular weight is 366 g/mol. The number of fused-ring (bicyclic) bond motifs is 3. The molecule has 0 radical (unpaired) electrons. The van der Waals surface area contributed by atoms with Gasteiger partial charge < -0.3 is 9.72 Å². The molecule has 4 nitrogen and oxygen atoms in total. The number of aromatic nitrogens is 2. The van der Waals surface area contributed by atoms with Crippen molar-refractivity contribution in [3.63, 3.8) is 0 Å². The van der Waals surface area contributed by atoms with Crippen molar-refractivity contribution < 1.29 is 4.74 Å². The van der Waals surface area contributed by atoms with Crippen LogP contribution in [0.3, 0.4) is 0 Å². The van der Waals surface area contributed by atoms with Crippen LogP contribution in [0.5, 0.6) is 5.75 Å². The van der Waals surface area contributed by atoms with E-state index < -0.39 is 0 Å². The summed E-state index contributed by atoms with van der Waals surface area (Å²) < 4.78 is 5.64. The third kappa shape index (κ3) is 3.19. The topological polar surface area (TPSA) is 55.0 Å². The van der Waals surface area contributed by atoms with Crippen molar-refractivity contribution in [3.8, 4) is 5.75 Å². The summed E-state index contributed by atoms with van der Waals surface area (Å²) in [5, 5.41) is 0.795. The summed E-state index contributed by atoms with van der Waals surface area (Å²) in [6, 6.07) is 7.85. The van der Waals surface area contributed by atoms with Gasteiger partial charge in [-0.1, -0.05) is 25.1 Å². The van der Waals surface area contributed by atoms with Gasteiger partial charge in [0.15, 0.2) is 0 Å². The molecular formula is C21H22N2O2S. The highest BCUT2D eigenvalue weighted by atomic mass is 32.1. The first kappa shape index (κ1) is 17.0. The largest absolute Gasteiger partial charge is 0.493 e. The van der Waals surface area contributed by atoms with Gasteiger partial charge in [0.25, 0.3) is 5.56 Å². The number of aromatic amines is 1. The van der Waals surface area contributed by atoms with Crippen molar-refractivity contribution in [1.29, 1.82) is 0 Å². The Morgan fingerprint density at radius 2 is 2.19 bits per heavy atom. The van der Waals surface area contributed by atoms with Crippen molar-refractivity contribution in [3.05, 3.63) is 56.4 Å². The minimum atomic E-state index is -0.0280. The Hall–Kier alpha value is -2.40. The van der Waals surface area contributed by atoms with E-state index in [0.717, 1.165) is 40.8 Å². The molecular weight excluding hydrogens is 344 g/mol. The molecule has 134 valence electrons. The lowest BCUT2D eigenvalue weighted by Gasteiger charge is -2.17.